The highest BCUT2D eigenvalue weighted by atomic mass is 16.5. The number of methoxy groups -OCH3 is 1. The highest BCUT2D eigenvalue weighted by molar-refractivity contribution is 5.92. The summed E-state index contributed by atoms with van der Waals surface area (Å²) in [6.07, 6.45) is 3.34. The maximum atomic E-state index is 12.1. The highest BCUT2D eigenvalue weighted by Gasteiger charge is 2.14. The van der Waals surface area contributed by atoms with Gasteiger partial charge in [-0.2, -0.15) is 0 Å². The summed E-state index contributed by atoms with van der Waals surface area (Å²) in [6, 6.07) is 16.7. The van der Waals surface area contributed by atoms with E-state index in [0.717, 1.165) is 22.3 Å². The number of ether oxygens (including phenoxy) is 1. The van der Waals surface area contributed by atoms with E-state index in [0.29, 0.717) is 5.76 Å². The van der Waals surface area contributed by atoms with Gasteiger partial charge < -0.3 is 19.8 Å². The van der Waals surface area contributed by atoms with E-state index in [1.165, 1.54) is 6.08 Å². The number of benzene rings is 2. The fourth-order valence-corrected chi connectivity index (χ4v) is 2.85. The molecule has 1 heterocycles. The third-order valence-electron chi connectivity index (χ3n) is 4.44. The van der Waals surface area contributed by atoms with Crippen molar-refractivity contribution < 1.29 is 18.7 Å². The molecule has 0 saturated carbocycles. The van der Waals surface area contributed by atoms with Gasteiger partial charge in [0.05, 0.1) is 13.2 Å². The van der Waals surface area contributed by atoms with Crippen molar-refractivity contribution in [3.05, 3.63) is 72.0 Å². The van der Waals surface area contributed by atoms with Crippen LogP contribution in [0.4, 0.5) is 0 Å². The molecule has 0 fully saturated rings. The molecule has 3 aromatic rings. The number of carbonyl (C=O) groups is 2. The van der Waals surface area contributed by atoms with E-state index in [4.69, 9.17) is 9.15 Å². The van der Waals surface area contributed by atoms with E-state index in [1.807, 2.05) is 61.5 Å². The molecule has 150 valence electrons. The lowest BCUT2D eigenvalue weighted by atomic mass is 10.2. The highest BCUT2D eigenvalue weighted by Crippen LogP contribution is 2.23. The zero-order chi connectivity index (χ0) is 20.6. The Hall–Kier alpha value is -3.54. The molecule has 2 amide bonds. The maximum Gasteiger partial charge on any atom is 0.244 e. The number of furan rings is 1. The van der Waals surface area contributed by atoms with Crippen molar-refractivity contribution in [3.63, 3.8) is 0 Å². The van der Waals surface area contributed by atoms with Crippen molar-refractivity contribution in [2.45, 2.75) is 19.4 Å². The normalized spacial score (nSPS) is 12.1. The molecule has 2 N–H and O–H groups in total. The summed E-state index contributed by atoms with van der Waals surface area (Å²) in [4.78, 5) is 24.0. The second kappa shape index (κ2) is 9.59. The van der Waals surface area contributed by atoms with Gasteiger partial charge in [0, 0.05) is 24.4 Å². The molecule has 0 aliphatic heterocycles. The van der Waals surface area contributed by atoms with Gasteiger partial charge in [0.25, 0.3) is 0 Å². The molecular weight excluding hydrogens is 368 g/mol. The molecule has 0 unspecified atom stereocenters. The van der Waals surface area contributed by atoms with Gasteiger partial charge in [-0.3, -0.25) is 9.59 Å². The van der Waals surface area contributed by atoms with E-state index < -0.39 is 0 Å². The number of para-hydroxylation sites is 1. The lowest BCUT2D eigenvalue weighted by Crippen LogP contribution is -2.31. The third-order valence-corrected chi connectivity index (χ3v) is 4.44. The number of fused-ring (bicyclic) bond motifs is 1. The Kier molecular flexibility index (Phi) is 6.68. The number of rotatable bonds is 8. The van der Waals surface area contributed by atoms with Gasteiger partial charge in [0.15, 0.2) is 0 Å². The molecular formula is C23H24N2O4. The molecule has 0 radical (unpaired) electrons. The predicted molar refractivity (Wildman–Crippen MR) is 112 cm³/mol. The van der Waals surface area contributed by atoms with Crippen LogP contribution in [0.5, 0.6) is 5.75 Å². The lowest BCUT2D eigenvalue weighted by Gasteiger charge is -2.11. The smallest absolute Gasteiger partial charge is 0.244 e. The average molecular weight is 392 g/mol. The zero-order valence-electron chi connectivity index (χ0n) is 16.5. The molecule has 3 rings (SSSR count). The van der Waals surface area contributed by atoms with Crippen LogP contribution >= 0.6 is 0 Å². The molecule has 6 nitrogen and oxygen atoms in total. The summed E-state index contributed by atoms with van der Waals surface area (Å²) >= 11 is 0. The van der Waals surface area contributed by atoms with Gasteiger partial charge in [-0.25, -0.2) is 0 Å². The molecule has 29 heavy (non-hydrogen) atoms. The van der Waals surface area contributed by atoms with E-state index >= 15 is 0 Å². The number of hydrogen-bond donors (Lipinski definition) is 2. The Morgan fingerprint density at radius 1 is 1.14 bits per heavy atom. The van der Waals surface area contributed by atoms with Crippen LogP contribution in [0.1, 0.15) is 30.7 Å². The van der Waals surface area contributed by atoms with Crippen molar-refractivity contribution in [3.8, 4) is 5.75 Å². The number of amides is 2. The molecule has 0 bridgehead atoms. The van der Waals surface area contributed by atoms with Crippen LogP contribution in [0.3, 0.4) is 0 Å². The van der Waals surface area contributed by atoms with Gasteiger partial charge in [0.1, 0.15) is 17.1 Å². The summed E-state index contributed by atoms with van der Waals surface area (Å²) in [5, 5.41) is 6.59. The number of nitrogens with one attached hydrogen (secondary N) is 2. The number of carbonyl (C=O) groups excluding carboxylic acids is 2. The first kappa shape index (κ1) is 20.2. The maximum absolute atomic E-state index is 12.1. The number of hydrogen-bond acceptors (Lipinski definition) is 4. The fraction of sp³-hybridized carbons (Fsp3) is 0.217. The quantitative estimate of drug-likeness (QED) is 0.571. The van der Waals surface area contributed by atoms with Gasteiger partial charge in [-0.15, -0.1) is 0 Å². The van der Waals surface area contributed by atoms with Crippen molar-refractivity contribution in [1.29, 1.82) is 0 Å². The first-order valence-electron chi connectivity index (χ1n) is 9.43. The molecule has 1 aromatic heterocycles. The Labute approximate surface area is 169 Å². The molecule has 0 spiro atoms. The van der Waals surface area contributed by atoms with E-state index in [1.54, 1.807) is 13.2 Å². The summed E-state index contributed by atoms with van der Waals surface area (Å²) < 4.78 is 10.9. The second-order valence-electron chi connectivity index (χ2n) is 6.62. The monoisotopic (exact) mass is 392 g/mol. The second-order valence-corrected chi connectivity index (χ2v) is 6.62. The summed E-state index contributed by atoms with van der Waals surface area (Å²) in [6.45, 7) is 2.12. The minimum absolute atomic E-state index is 0.155. The van der Waals surface area contributed by atoms with Crippen LogP contribution in [0, 0.1) is 0 Å². The van der Waals surface area contributed by atoms with Crippen LogP contribution in [-0.2, 0) is 9.59 Å². The fourth-order valence-electron chi connectivity index (χ4n) is 2.85. The van der Waals surface area contributed by atoms with Gasteiger partial charge >= 0.3 is 0 Å². The van der Waals surface area contributed by atoms with Crippen LogP contribution in [0.25, 0.3) is 17.0 Å². The van der Waals surface area contributed by atoms with E-state index in [2.05, 4.69) is 10.6 Å². The van der Waals surface area contributed by atoms with Crippen molar-refractivity contribution in [2.24, 2.45) is 0 Å². The van der Waals surface area contributed by atoms with Crippen LogP contribution in [0.2, 0.25) is 0 Å². The Morgan fingerprint density at radius 3 is 2.62 bits per heavy atom. The topological polar surface area (TPSA) is 80.6 Å². The van der Waals surface area contributed by atoms with Crippen molar-refractivity contribution >= 4 is 28.9 Å². The van der Waals surface area contributed by atoms with E-state index in [-0.39, 0.29) is 30.8 Å². The van der Waals surface area contributed by atoms with Crippen molar-refractivity contribution in [2.75, 3.05) is 13.7 Å². The predicted octanol–water partition coefficient (Wildman–Crippen LogP) is 3.84. The molecule has 0 aliphatic carbocycles. The average Bonchev–Trinajstić information content (AvgIpc) is 3.17. The minimum atomic E-state index is -0.251. The molecule has 0 saturated heterocycles. The molecule has 2 aromatic carbocycles. The first-order valence-corrected chi connectivity index (χ1v) is 9.43. The van der Waals surface area contributed by atoms with Crippen LogP contribution < -0.4 is 15.4 Å². The Bertz CT molecular complexity index is 972. The third kappa shape index (κ3) is 5.72. The summed E-state index contributed by atoms with van der Waals surface area (Å²) in [5.74, 6) is 1.05. The Balaban J connectivity index is 1.41. The largest absolute Gasteiger partial charge is 0.497 e. The molecule has 1 atom stereocenters. The Morgan fingerprint density at radius 2 is 1.90 bits per heavy atom. The SMILES string of the molecule is COc1ccc(/C=C/C(=O)NCCC(=O)N[C@H](C)c2cc3ccccc3o2)cc1. The van der Waals surface area contributed by atoms with Gasteiger partial charge in [0.2, 0.25) is 11.8 Å². The first-order chi connectivity index (χ1) is 14.0. The molecule has 0 aliphatic rings. The standard InChI is InChI=1S/C23H24N2O4/c1-16(21-15-18-5-3-4-6-20(18)29-21)25-23(27)13-14-24-22(26)12-9-17-7-10-19(28-2)11-8-17/h3-12,15-16H,13-14H2,1-2H3,(H,24,26)(H,25,27)/b12-9+/t16-/m1/s1. The summed E-state index contributed by atoms with van der Waals surface area (Å²) in [7, 11) is 1.60. The van der Waals surface area contributed by atoms with Crippen LogP contribution in [0.15, 0.2) is 65.1 Å². The minimum Gasteiger partial charge on any atom is -0.497 e. The van der Waals surface area contributed by atoms with Gasteiger partial charge in [-0.05, 0) is 42.8 Å². The van der Waals surface area contributed by atoms with Crippen molar-refractivity contribution in [1.82, 2.24) is 10.6 Å². The van der Waals surface area contributed by atoms with Crippen LogP contribution in [-0.4, -0.2) is 25.5 Å². The molecule has 6 heteroatoms. The van der Waals surface area contributed by atoms with Gasteiger partial charge in [-0.1, -0.05) is 30.3 Å². The summed E-state index contributed by atoms with van der Waals surface area (Å²) in [5.41, 5.74) is 1.68. The zero-order valence-corrected chi connectivity index (χ0v) is 16.5. The van der Waals surface area contributed by atoms with E-state index in [9.17, 15) is 9.59 Å². The lowest BCUT2D eigenvalue weighted by molar-refractivity contribution is -0.122.